The molecule has 200 valence electrons. The first-order chi connectivity index (χ1) is 19.0. The third-order valence-corrected chi connectivity index (χ3v) is 8.22. The van der Waals surface area contributed by atoms with Crippen molar-refractivity contribution in [3.63, 3.8) is 0 Å². The second-order valence-electron chi connectivity index (χ2n) is 11.1. The molecule has 1 aliphatic heterocycles. The van der Waals surface area contributed by atoms with Crippen molar-refractivity contribution in [2.24, 2.45) is 5.92 Å². The lowest BCUT2D eigenvalue weighted by Crippen LogP contribution is -2.36. The minimum Gasteiger partial charge on any atom is -0.396 e. The lowest BCUT2D eigenvalue weighted by molar-refractivity contribution is -0.134. The molecule has 0 bridgehead atoms. The Morgan fingerprint density at radius 2 is 1.82 bits per heavy atom. The second-order valence-corrected chi connectivity index (χ2v) is 11.1. The first-order valence-electron chi connectivity index (χ1n) is 14.1. The van der Waals surface area contributed by atoms with Gasteiger partial charge in [-0.2, -0.15) is 0 Å². The van der Waals surface area contributed by atoms with Crippen molar-refractivity contribution in [1.29, 1.82) is 0 Å². The van der Waals surface area contributed by atoms with Gasteiger partial charge in [-0.25, -0.2) is 4.98 Å². The summed E-state index contributed by atoms with van der Waals surface area (Å²) in [6, 6.07) is 18.1. The molecular weight excluding hydrogens is 486 g/mol. The van der Waals surface area contributed by atoms with Gasteiger partial charge in [-0.05, 0) is 79.3 Å². The quantitative estimate of drug-likeness (QED) is 0.425. The molecule has 2 aromatic carbocycles. The summed E-state index contributed by atoms with van der Waals surface area (Å²) in [7, 11) is 0. The van der Waals surface area contributed by atoms with Crippen molar-refractivity contribution in [3.8, 4) is 11.3 Å². The van der Waals surface area contributed by atoms with E-state index >= 15 is 0 Å². The van der Waals surface area contributed by atoms with E-state index in [0.29, 0.717) is 31.0 Å². The number of aromatic nitrogens is 1. The zero-order valence-corrected chi connectivity index (χ0v) is 22.4. The Morgan fingerprint density at radius 1 is 1.05 bits per heavy atom. The highest BCUT2D eigenvalue weighted by Crippen LogP contribution is 2.43. The standard InChI is InChI=1S/C33H35N3O3/c1-2-6-21-7-5-10-25(15-21)32-31-26(20-36(29(31)13-14-37)30(38)16-22-11-12-22)19-28(35-32)33(39)34-27-17-23-8-3-4-9-24(23)18-27/h2-10,15,19,22,27,29,37H,11-14,16-18,20H2,1H3,(H,34,39)/b6-2+/t29-/m0/s1. The Balaban J connectivity index is 1.37. The van der Waals surface area contributed by atoms with Crippen LogP contribution in [0.4, 0.5) is 0 Å². The average molecular weight is 522 g/mol. The number of nitrogens with one attached hydrogen (secondary N) is 1. The summed E-state index contributed by atoms with van der Waals surface area (Å²) in [6.07, 6.45) is 8.86. The van der Waals surface area contributed by atoms with Crippen molar-refractivity contribution in [1.82, 2.24) is 15.2 Å². The number of rotatable bonds is 8. The molecule has 3 aliphatic rings. The third-order valence-electron chi connectivity index (χ3n) is 8.22. The smallest absolute Gasteiger partial charge is 0.270 e. The number of aliphatic hydroxyl groups excluding tert-OH is 1. The molecule has 0 spiro atoms. The van der Waals surface area contributed by atoms with Crippen LogP contribution in [0, 0.1) is 5.92 Å². The lowest BCUT2D eigenvalue weighted by atomic mass is 9.94. The number of carbonyl (C=O) groups excluding carboxylic acids is 2. The monoisotopic (exact) mass is 521 g/mol. The van der Waals surface area contributed by atoms with E-state index in [1.807, 2.05) is 60.4 Å². The highest BCUT2D eigenvalue weighted by Gasteiger charge is 2.39. The number of aliphatic hydroxyl groups is 1. The van der Waals surface area contributed by atoms with E-state index in [9.17, 15) is 14.7 Å². The third kappa shape index (κ3) is 5.26. The number of pyridine rings is 1. The van der Waals surface area contributed by atoms with E-state index in [1.54, 1.807) is 0 Å². The Morgan fingerprint density at radius 3 is 2.51 bits per heavy atom. The molecule has 2 heterocycles. The predicted molar refractivity (Wildman–Crippen MR) is 152 cm³/mol. The van der Waals surface area contributed by atoms with E-state index in [4.69, 9.17) is 4.98 Å². The Labute approximate surface area is 229 Å². The molecule has 0 saturated heterocycles. The lowest BCUT2D eigenvalue weighted by Gasteiger charge is -2.26. The van der Waals surface area contributed by atoms with Crippen molar-refractivity contribution < 1.29 is 14.7 Å². The number of hydrogen-bond acceptors (Lipinski definition) is 4. The first kappa shape index (κ1) is 25.5. The fourth-order valence-corrected chi connectivity index (χ4v) is 6.17. The predicted octanol–water partition coefficient (Wildman–Crippen LogP) is 5.24. The maximum Gasteiger partial charge on any atom is 0.270 e. The van der Waals surface area contributed by atoms with Crippen molar-refractivity contribution >= 4 is 17.9 Å². The number of carbonyl (C=O) groups is 2. The van der Waals surface area contributed by atoms with Gasteiger partial charge in [-0.1, -0.05) is 54.6 Å². The number of allylic oxidation sites excluding steroid dienone is 1. The molecule has 2 amide bonds. The summed E-state index contributed by atoms with van der Waals surface area (Å²) >= 11 is 0. The topological polar surface area (TPSA) is 82.5 Å². The van der Waals surface area contributed by atoms with Gasteiger partial charge in [0.05, 0.1) is 11.7 Å². The van der Waals surface area contributed by atoms with E-state index in [1.165, 1.54) is 11.1 Å². The van der Waals surface area contributed by atoms with Crippen molar-refractivity contribution in [3.05, 3.63) is 94.2 Å². The van der Waals surface area contributed by atoms with Gasteiger partial charge in [0.2, 0.25) is 5.91 Å². The van der Waals surface area contributed by atoms with E-state index in [2.05, 4.69) is 23.5 Å². The molecule has 2 aliphatic carbocycles. The zero-order valence-electron chi connectivity index (χ0n) is 22.4. The molecule has 0 unspecified atom stereocenters. The van der Waals surface area contributed by atoms with Crippen molar-refractivity contribution in [2.75, 3.05) is 6.61 Å². The minimum absolute atomic E-state index is 0.0279. The van der Waals surface area contributed by atoms with Gasteiger partial charge in [-0.15, -0.1) is 0 Å². The molecule has 2 N–H and O–H groups in total. The summed E-state index contributed by atoms with van der Waals surface area (Å²) in [6.45, 7) is 2.39. The summed E-state index contributed by atoms with van der Waals surface area (Å²) in [5.74, 6) is 0.404. The molecular formula is C33H35N3O3. The van der Waals surface area contributed by atoms with Crippen molar-refractivity contribution in [2.45, 2.75) is 64.1 Å². The number of nitrogens with zero attached hydrogens (tertiary/aromatic N) is 2. The Kier molecular flexibility index (Phi) is 7.05. The zero-order chi connectivity index (χ0) is 26.9. The van der Waals surface area contributed by atoms with Crippen LogP contribution in [0.1, 0.15) is 77.0 Å². The van der Waals surface area contributed by atoms with Gasteiger partial charge in [0.1, 0.15) is 5.69 Å². The van der Waals surface area contributed by atoms with Crippen LogP contribution < -0.4 is 5.32 Å². The van der Waals surface area contributed by atoms with Crippen LogP contribution in [0.25, 0.3) is 17.3 Å². The SMILES string of the molecule is C/C=C/c1cccc(-c2nc(C(=O)NC3Cc4ccccc4C3)cc3c2[C@H](CCO)N(C(=O)CC2CC2)C3)c1. The molecule has 1 saturated carbocycles. The molecule has 39 heavy (non-hydrogen) atoms. The number of fused-ring (bicyclic) bond motifs is 2. The first-order valence-corrected chi connectivity index (χ1v) is 14.1. The average Bonchev–Trinajstić information content (AvgIpc) is 3.53. The molecule has 1 atom stereocenters. The molecule has 1 aromatic heterocycles. The highest BCUT2D eigenvalue weighted by atomic mass is 16.3. The number of hydrogen-bond donors (Lipinski definition) is 2. The molecule has 0 radical (unpaired) electrons. The van der Waals surface area contributed by atoms with Crippen LogP contribution in [0.2, 0.25) is 0 Å². The Bertz CT molecular complexity index is 1420. The molecule has 1 fully saturated rings. The summed E-state index contributed by atoms with van der Waals surface area (Å²) < 4.78 is 0. The van der Waals surface area contributed by atoms with Gasteiger partial charge in [0.15, 0.2) is 0 Å². The maximum atomic E-state index is 13.6. The largest absolute Gasteiger partial charge is 0.396 e. The van der Waals surface area contributed by atoms with Crippen LogP contribution in [0.15, 0.2) is 60.7 Å². The van der Waals surface area contributed by atoms with Crippen LogP contribution in [-0.2, 0) is 24.2 Å². The number of amides is 2. The summed E-state index contributed by atoms with van der Waals surface area (Å²) in [5, 5.41) is 13.2. The minimum atomic E-state index is -0.259. The van der Waals surface area contributed by atoms with Gasteiger partial charge in [-0.3, -0.25) is 9.59 Å². The Hall–Kier alpha value is -3.77. The maximum absolute atomic E-state index is 13.6. The summed E-state index contributed by atoms with van der Waals surface area (Å²) in [5.41, 5.74) is 7.50. The molecule has 6 heteroatoms. The van der Waals surface area contributed by atoms with Gasteiger partial charge < -0.3 is 15.3 Å². The van der Waals surface area contributed by atoms with Crippen LogP contribution >= 0.6 is 0 Å². The van der Waals surface area contributed by atoms with E-state index in [0.717, 1.165) is 53.6 Å². The highest BCUT2D eigenvalue weighted by molar-refractivity contribution is 5.94. The van der Waals surface area contributed by atoms with E-state index < -0.39 is 0 Å². The van der Waals surface area contributed by atoms with Crippen LogP contribution in [0.5, 0.6) is 0 Å². The molecule has 3 aromatic rings. The summed E-state index contributed by atoms with van der Waals surface area (Å²) in [4.78, 5) is 33.8. The second kappa shape index (κ2) is 10.8. The van der Waals surface area contributed by atoms with Gasteiger partial charge in [0.25, 0.3) is 5.91 Å². The van der Waals surface area contributed by atoms with Gasteiger partial charge in [0, 0.05) is 36.7 Å². The van der Waals surface area contributed by atoms with Crippen LogP contribution in [-0.4, -0.2) is 39.5 Å². The fourth-order valence-electron chi connectivity index (χ4n) is 6.17. The molecule has 6 nitrogen and oxygen atoms in total. The normalized spacial score (nSPS) is 18.4. The van der Waals surface area contributed by atoms with Gasteiger partial charge >= 0.3 is 0 Å². The fraction of sp³-hybridized carbons (Fsp3) is 0.364. The molecule has 6 rings (SSSR count). The van der Waals surface area contributed by atoms with E-state index in [-0.39, 0.29) is 30.5 Å². The number of benzene rings is 2. The van der Waals surface area contributed by atoms with Crippen LogP contribution in [0.3, 0.4) is 0 Å².